The molecule has 2 amide bonds. The Labute approximate surface area is 206 Å². The smallest absolute Gasteiger partial charge is 0.318 e. The number of hydrogen-bond donors (Lipinski definition) is 1. The van der Waals surface area contributed by atoms with E-state index in [0.717, 1.165) is 36.0 Å². The summed E-state index contributed by atoms with van der Waals surface area (Å²) in [5.74, 6) is 0.502. The summed E-state index contributed by atoms with van der Waals surface area (Å²) in [7, 11) is 1.34. The Bertz CT molecular complexity index is 1160. The Morgan fingerprint density at radius 2 is 1.83 bits per heavy atom. The average Bonchev–Trinajstić information content (AvgIpc) is 3.02. The van der Waals surface area contributed by atoms with Gasteiger partial charge in [0.25, 0.3) is 0 Å². The lowest BCUT2D eigenvalue weighted by Crippen LogP contribution is -2.41. The number of benzene rings is 2. The van der Waals surface area contributed by atoms with Gasteiger partial charge in [0.2, 0.25) is 11.8 Å². The van der Waals surface area contributed by atoms with Gasteiger partial charge in [-0.3, -0.25) is 14.4 Å². The molecule has 1 fully saturated rings. The van der Waals surface area contributed by atoms with Crippen LogP contribution in [-0.4, -0.2) is 36.3 Å². The van der Waals surface area contributed by atoms with Crippen molar-refractivity contribution in [2.24, 2.45) is 11.3 Å². The molecule has 2 aliphatic rings. The van der Waals surface area contributed by atoms with Crippen molar-refractivity contribution in [3.8, 4) is 23.5 Å². The molecule has 1 aliphatic carbocycles. The molecule has 0 radical (unpaired) electrons. The highest BCUT2D eigenvalue weighted by molar-refractivity contribution is 5.98. The number of amides is 2. The van der Waals surface area contributed by atoms with Crippen LogP contribution < -0.4 is 5.32 Å². The third kappa shape index (κ3) is 4.72. The van der Waals surface area contributed by atoms with E-state index in [2.05, 4.69) is 23.4 Å². The van der Waals surface area contributed by atoms with E-state index in [4.69, 9.17) is 11.2 Å². The van der Waals surface area contributed by atoms with Crippen LogP contribution in [0.3, 0.4) is 0 Å². The van der Waals surface area contributed by atoms with Crippen molar-refractivity contribution in [2.45, 2.75) is 38.6 Å². The molecule has 180 valence electrons. The van der Waals surface area contributed by atoms with Crippen molar-refractivity contribution in [3.05, 3.63) is 71.9 Å². The van der Waals surface area contributed by atoms with Crippen LogP contribution in [0.25, 0.3) is 11.1 Å². The molecule has 1 saturated heterocycles. The molecule has 1 aliphatic heterocycles. The fourth-order valence-electron chi connectivity index (χ4n) is 5.30. The van der Waals surface area contributed by atoms with Gasteiger partial charge in [-0.25, -0.2) is 0 Å². The summed E-state index contributed by atoms with van der Waals surface area (Å²) in [5.41, 5.74) is 2.64. The predicted octanol–water partition coefficient (Wildman–Crippen LogP) is 4.07. The number of nitrogens with one attached hydrogen (secondary N) is 1. The molecule has 1 N–H and O–H groups in total. The topological polar surface area (TPSA) is 75.7 Å². The van der Waals surface area contributed by atoms with E-state index in [-0.39, 0.29) is 24.8 Å². The number of rotatable bonds is 7. The first-order chi connectivity index (χ1) is 17.0. The maximum atomic E-state index is 13.8. The second-order valence-electron chi connectivity index (χ2n) is 9.02. The minimum atomic E-state index is -1.17. The largest absolute Gasteiger partial charge is 0.468 e. The van der Waals surface area contributed by atoms with Crippen molar-refractivity contribution in [2.75, 3.05) is 13.7 Å². The zero-order chi connectivity index (χ0) is 24.8. The van der Waals surface area contributed by atoms with Crippen LogP contribution in [0.4, 0.5) is 0 Å². The maximum absolute atomic E-state index is 13.8. The number of fused-ring (bicyclic) bond motifs is 1. The third-order valence-corrected chi connectivity index (χ3v) is 7.00. The van der Waals surface area contributed by atoms with Crippen LogP contribution in [0.1, 0.15) is 37.7 Å². The van der Waals surface area contributed by atoms with Gasteiger partial charge in [0.15, 0.2) is 0 Å². The molecule has 35 heavy (non-hydrogen) atoms. The Morgan fingerprint density at radius 1 is 1.11 bits per heavy atom. The molecule has 0 unspecified atom stereocenters. The van der Waals surface area contributed by atoms with E-state index in [1.807, 2.05) is 48.5 Å². The second kappa shape index (κ2) is 10.6. The van der Waals surface area contributed by atoms with Crippen molar-refractivity contribution in [3.63, 3.8) is 0 Å². The fraction of sp³-hybridized carbons (Fsp3) is 0.345. The lowest BCUT2D eigenvalue weighted by Gasteiger charge is -2.31. The number of hydrogen-bond acceptors (Lipinski definition) is 4. The summed E-state index contributed by atoms with van der Waals surface area (Å²) in [6.45, 7) is 0.395. The lowest BCUT2D eigenvalue weighted by molar-refractivity contribution is -0.155. The van der Waals surface area contributed by atoms with E-state index >= 15 is 0 Å². The van der Waals surface area contributed by atoms with Gasteiger partial charge in [0, 0.05) is 12.1 Å². The zero-order valence-corrected chi connectivity index (χ0v) is 20.0. The Kier molecular flexibility index (Phi) is 7.36. The molecule has 4 rings (SSSR count). The van der Waals surface area contributed by atoms with Crippen LogP contribution in [0.15, 0.2) is 66.4 Å². The highest BCUT2D eigenvalue weighted by Crippen LogP contribution is 2.53. The van der Waals surface area contributed by atoms with E-state index in [1.54, 1.807) is 4.90 Å². The number of esters is 1. The first-order valence-corrected chi connectivity index (χ1v) is 12.0. The molecule has 0 aromatic heterocycles. The monoisotopic (exact) mass is 470 g/mol. The number of likely N-dealkylation sites (tertiary alicyclic amines) is 1. The summed E-state index contributed by atoms with van der Waals surface area (Å²) >= 11 is 0. The summed E-state index contributed by atoms with van der Waals surface area (Å²) < 4.78 is 5.23. The van der Waals surface area contributed by atoms with Gasteiger partial charge in [0.05, 0.1) is 26.1 Å². The lowest BCUT2D eigenvalue weighted by atomic mass is 9.71. The Hall–Kier alpha value is -3.85. The van der Waals surface area contributed by atoms with Gasteiger partial charge in [-0.05, 0) is 36.0 Å². The molecular formula is C29H30N2O4. The van der Waals surface area contributed by atoms with Crippen molar-refractivity contribution in [1.29, 1.82) is 0 Å². The Balaban J connectivity index is 1.67. The molecule has 0 spiro atoms. The normalized spacial score (nSPS) is 21.4. The van der Waals surface area contributed by atoms with Crippen molar-refractivity contribution < 1.29 is 19.1 Å². The molecule has 6 heteroatoms. The maximum Gasteiger partial charge on any atom is 0.318 e. The second-order valence-corrected chi connectivity index (χ2v) is 9.02. The molecule has 0 saturated carbocycles. The van der Waals surface area contributed by atoms with Crippen LogP contribution >= 0.6 is 0 Å². The third-order valence-electron chi connectivity index (χ3n) is 7.00. The summed E-state index contributed by atoms with van der Waals surface area (Å²) in [5, 5.41) is 2.63. The van der Waals surface area contributed by atoms with Gasteiger partial charge in [-0.1, -0.05) is 73.0 Å². The van der Waals surface area contributed by atoms with E-state index in [0.29, 0.717) is 18.7 Å². The van der Waals surface area contributed by atoms with Crippen LogP contribution in [0.2, 0.25) is 0 Å². The fourth-order valence-corrected chi connectivity index (χ4v) is 5.30. The van der Waals surface area contributed by atoms with Crippen LogP contribution in [-0.2, 0) is 25.7 Å². The minimum Gasteiger partial charge on any atom is -0.468 e. The molecule has 6 nitrogen and oxygen atoms in total. The molecule has 1 heterocycles. The zero-order valence-electron chi connectivity index (χ0n) is 20.0. The average molecular weight is 471 g/mol. The van der Waals surface area contributed by atoms with Gasteiger partial charge >= 0.3 is 5.97 Å². The number of carbonyl (C=O) groups excluding carboxylic acids is 3. The minimum absolute atomic E-state index is 0.0745. The molecular weight excluding hydrogens is 440 g/mol. The molecule has 2 aromatic carbocycles. The predicted molar refractivity (Wildman–Crippen MR) is 133 cm³/mol. The number of nitrogens with zero attached hydrogens (tertiary/aromatic N) is 1. The summed E-state index contributed by atoms with van der Waals surface area (Å²) in [6.07, 6.45) is 10.0. The highest BCUT2D eigenvalue weighted by atomic mass is 16.5. The van der Waals surface area contributed by atoms with Gasteiger partial charge in [0.1, 0.15) is 5.41 Å². The van der Waals surface area contributed by atoms with Crippen molar-refractivity contribution >= 4 is 17.8 Å². The highest BCUT2D eigenvalue weighted by Gasteiger charge is 2.61. The van der Waals surface area contributed by atoms with E-state index in [1.165, 1.54) is 7.11 Å². The molecule has 0 bridgehead atoms. The van der Waals surface area contributed by atoms with Crippen molar-refractivity contribution in [1.82, 2.24) is 10.2 Å². The molecule has 2 atom stereocenters. The van der Waals surface area contributed by atoms with E-state index in [9.17, 15) is 14.4 Å². The van der Waals surface area contributed by atoms with Gasteiger partial charge < -0.3 is 15.0 Å². The standard InChI is InChI=1S/C29H30N2O4/c1-3-18-30-26(32)19-24-27(33)31(25-12-8-5-9-17-29(24,25)28(34)35-2)20-21-13-15-23(16-14-21)22-10-6-4-7-11-22/h1,4,6-7,10-16,24H,5,8-9,17-20H2,2H3,(H,30,32)/t24-,29-/m1/s1. The van der Waals surface area contributed by atoms with Gasteiger partial charge in [-0.15, -0.1) is 6.42 Å². The SMILES string of the molecule is C#CCNC(=O)C[C@@H]1C(=O)N(Cc2ccc(-c3ccccc3)cc2)C2=CCCCC[C@]21C(=O)OC. The number of terminal acetylenes is 1. The summed E-state index contributed by atoms with van der Waals surface area (Å²) in [4.78, 5) is 41.3. The number of methoxy groups -OCH3 is 1. The Morgan fingerprint density at radius 3 is 2.51 bits per heavy atom. The van der Waals surface area contributed by atoms with Gasteiger partial charge in [-0.2, -0.15) is 0 Å². The number of ether oxygens (including phenoxy) is 1. The molecule has 2 aromatic rings. The van der Waals surface area contributed by atoms with Crippen LogP contribution in [0, 0.1) is 23.7 Å². The van der Waals surface area contributed by atoms with Crippen LogP contribution in [0.5, 0.6) is 0 Å². The van der Waals surface area contributed by atoms with E-state index < -0.39 is 17.3 Å². The summed E-state index contributed by atoms with van der Waals surface area (Å²) in [6, 6.07) is 18.1. The quantitative estimate of drug-likeness (QED) is 0.489. The number of carbonyl (C=O) groups is 3. The first kappa shape index (κ1) is 24.3. The number of allylic oxidation sites excluding steroid dienone is 1. The first-order valence-electron chi connectivity index (χ1n) is 12.0.